The number of carbonyl (C=O) groups excluding carboxylic acids is 2. The lowest BCUT2D eigenvalue weighted by Crippen LogP contribution is -2.50. The predicted molar refractivity (Wildman–Crippen MR) is 125 cm³/mol. The number of ether oxygens (including phenoxy) is 2. The third kappa shape index (κ3) is 4.69. The zero-order valence-corrected chi connectivity index (χ0v) is 19.8. The van der Waals surface area contributed by atoms with Crippen LogP contribution in [0.2, 0.25) is 0 Å². The van der Waals surface area contributed by atoms with Crippen molar-refractivity contribution < 1.29 is 27.8 Å². The summed E-state index contributed by atoms with van der Waals surface area (Å²) < 4.78 is 39.4. The third-order valence-electron chi connectivity index (χ3n) is 7.85. The molecule has 8 heteroatoms. The number of nitrogens with zero attached hydrogens (tertiary/aromatic N) is 2. The van der Waals surface area contributed by atoms with Crippen LogP contribution >= 0.6 is 0 Å². The number of cyclic esters (lactones) is 1. The number of halogens is 2. The van der Waals surface area contributed by atoms with Crippen LogP contribution in [0.15, 0.2) is 48.5 Å². The molecule has 0 N–H and O–H groups in total. The molecule has 6 nitrogen and oxygen atoms in total. The molecule has 0 aliphatic carbocycles. The lowest BCUT2D eigenvalue weighted by molar-refractivity contribution is -0.133. The minimum atomic E-state index is -0.670. The summed E-state index contributed by atoms with van der Waals surface area (Å²) in [6.07, 6.45) is 1.42. The van der Waals surface area contributed by atoms with Crippen LogP contribution < -0.4 is 0 Å². The van der Waals surface area contributed by atoms with E-state index in [1.165, 1.54) is 17.0 Å². The number of rotatable bonds is 5. The minimum Gasteiger partial charge on any atom is -0.447 e. The Hall–Kier alpha value is -2.84. The Morgan fingerprint density at radius 1 is 1.09 bits per heavy atom. The van der Waals surface area contributed by atoms with Crippen molar-refractivity contribution in [1.29, 1.82) is 0 Å². The van der Waals surface area contributed by atoms with Crippen molar-refractivity contribution in [2.75, 3.05) is 32.9 Å². The van der Waals surface area contributed by atoms with Crippen molar-refractivity contribution in [3.63, 3.8) is 0 Å². The Morgan fingerprint density at radius 3 is 2.54 bits per heavy atom. The van der Waals surface area contributed by atoms with Crippen LogP contribution in [0.25, 0.3) is 0 Å². The standard InChI is InChI=1S/C27H30F2N2O4/c1-27(9-11-34-12-10-27)30-15-22(21-8-7-19(28)14-24(21)29)23(16-30)25(32)31-20(17-35-26(31)33)13-18-5-3-2-4-6-18/h2-8,14,20,22-23H,9-13,15-17H2,1H3/t20-,22?,23?/m0/s1. The number of imide groups is 1. The molecule has 5 rings (SSSR count). The molecule has 3 aliphatic rings. The van der Waals surface area contributed by atoms with Crippen molar-refractivity contribution >= 4 is 12.0 Å². The highest BCUT2D eigenvalue weighted by Gasteiger charge is 2.50. The third-order valence-corrected chi connectivity index (χ3v) is 7.85. The van der Waals surface area contributed by atoms with E-state index in [1.54, 1.807) is 0 Å². The largest absolute Gasteiger partial charge is 0.447 e. The fraction of sp³-hybridized carbons (Fsp3) is 0.481. The maximum Gasteiger partial charge on any atom is 0.416 e. The molecule has 3 aliphatic heterocycles. The van der Waals surface area contributed by atoms with E-state index in [-0.39, 0.29) is 18.1 Å². The summed E-state index contributed by atoms with van der Waals surface area (Å²) in [5.41, 5.74) is 1.10. The van der Waals surface area contributed by atoms with Gasteiger partial charge in [0, 0.05) is 43.8 Å². The molecule has 0 saturated carbocycles. The summed E-state index contributed by atoms with van der Waals surface area (Å²) in [6.45, 7) is 4.35. The second kappa shape index (κ2) is 9.66. The topological polar surface area (TPSA) is 59.1 Å². The minimum absolute atomic E-state index is 0.126. The van der Waals surface area contributed by atoms with Gasteiger partial charge in [0.1, 0.15) is 18.2 Å². The number of amides is 2. The molecular formula is C27H30F2N2O4. The van der Waals surface area contributed by atoms with E-state index in [0.29, 0.717) is 38.3 Å². The molecule has 186 valence electrons. The Balaban J connectivity index is 1.45. The average Bonchev–Trinajstić information content (AvgIpc) is 3.44. The van der Waals surface area contributed by atoms with Crippen molar-refractivity contribution in [3.05, 3.63) is 71.3 Å². The molecule has 0 spiro atoms. The molecule has 3 saturated heterocycles. The predicted octanol–water partition coefficient (Wildman–Crippen LogP) is 4.14. The van der Waals surface area contributed by atoms with Crippen LogP contribution in [0.4, 0.5) is 13.6 Å². The molecule has 3 fully saturated rings. The van der Waals surface area contributed by atoms with Crippen LogP contribution in [-0.2, 0) is 20.7 Å². The van der Waals surface area contributed by atoms with E-state index < -0.39 is 35.6 Å². The first-order chi connectivity index (χ1) is 16.9. The number of hydrogen-bond donors (Lipinski definition) is 0. The van der Waals surface area contributed by atoms with Crippen molar-refractivity contribution in [3.8, 4) is 0 Å². The highest BCUT2D eigenvalue weighted by molar-refractivity contribution is 5.95. The normalized spacial score (nSPS) is 26.7. The van der Waals surface area contributed by atoms with Gasteiger partial charge in [-0.1, -0.05) is 36.4 Å². The molecule has 0 radical (unpaired) electrons. The van der Waals surface area contributed by atoms with Crippen molar-refractivity contribution in [1.82, 2.24) is 9.80 Å². The average molecular weight is 485 g/mol. The summed E-state index contributed by atoms with van der Waals surface area (Å²) in [7, 11) is 0. The summed E-state index contributed by atoms with van der Waals surface area (Å²) in [4.78, 5) is 30.1. The Morgan fingerprint density at radius 2 is 1.83 bits per heavy atom. The fourth-order valence-corrected chi connectivity index (χ4v) is 5.69. The first-order valence-electron chi connectivity index (χ1n) is 12.2. The molecule has 3 atom stereocenters. The van der Waals surface area contributed by atoms with Gasteiger partial charge < -0.3 is 9.47 Å². The SMILES string of the molecule is CC1(N2CC(C(=O)N3C(=O)OC[C@@H]3Cc3ccccc3)C(c3ccc(F)cc3F)C2)CCOCC1. The van der Waals surface area contributed by atoms with Gasteiger partial charge in [-0.25, -0.2) is 18.5 Å². The molecule has 2 aromatic carbocycles. The zero-order valence-electron chi connectivity index (χ0n) is 19.8. The molecule has 0 aromatic heterocycles. The van der Waals surface area contributed by atoms with Crippen LogP contribution in [-0.4, -0.2) is 66.3 Å². The Kier molecular flexibility index (Phi) is 6.59. The number of hydrogen-bond acceptors (Lipinski definition) is 5. The fourth-order valence-electron chi connectivity index (χ4n) is 5.69. The van der Waals surface area contributed by atoms with E-state index in [4.69, 9.17) is 9.47 Å². The van der Waals surface area contributed by atoms with Gasteiger partial charge in [-0.15, -0.1) is 0 Å². The lowest BCUT2D eigenvalue weighted by atomic mass is 9.87. The highest BCUT2D eigenvalue weighted by atomic mass is 19.1. The van der Waals surface area contributed by atoms with Gasteiger partial charge in [0.15, 0.2) is 0 Å². The van der Waals surface area contributed by atoms with Gasteiger partial charge in [-0.2, -0.15) is 0 Å². The highest BCUT2D eigenvalue weighted by Crippen LogP contribution is 2.42. The van der Waals surface area contributed by atoms with Crippen LogP contribution in [0.5, 0.6) is 0 Å². The summed E-state index contributed by atoms with van der Waals surface area (Å²) in [6, 6.07) is 12.7. The van der Waals surface area contributed by atoms with E-state index >= 15 is 0 Å². The molecular weight excluding hydrogens is 454 g/mol. The number of benzene rings is 2. The van der Waals surface area contributed by atoms with Gasteiger partial charge in [0.2, 0.25) is 5.91 Å². The molecule has 0 bridgehead atoms. The van der Waals surface area contributed by atoms with E-state index in [0.717, 1.165) is 24.5 Å². The van der Waals surface area contributed by atoms with E-state index in [9.17, 15) is 18.4 Å². The van der Waals surface area contributed by atoms with Gasteiger partial charge in [0.25, 0.3) is 0 Å². The number of likely N-dealkylation sites (tertiary alicyclic amines) is 1. The summed E-state index contributed by atoms with van der Waals surface area (Å²) in [5, 5.41) is 0. The Labute approximate surface area is 203 Å². The monoisotopic (exact) mass is 484 g/mol. The summed E-state index contributed by atoms with van der Waals surface area (Å²) in [5.74, 6) is -2.85. The molecule has 3 heterocycles. The van der Waals surface area contributed by atoms with Crippen LogP contribution in [0.3, 0.4) is 0 Å². The molecule has 2 amide bonds. The van der Waals surface area contributed by atoms with Crippen molar-refractivity contribution in [2.45, 2.75) is 43.7 Å². The van der Waals surface area contributed by atoms with E-state index in [1.807, 2.05) is 30.3 Å². The lowest BCUT2D eigenvalue weighted by Gasteiger charge is -2.42. The first kappa shape index (κ1) is 23.9. The van der Waals surface area contributed by atoms with Crippen LogP contribution in [0.1, 0.15) is 36.8 Å². The smallest absolute Gasteiger partial charge is 0.416 e. The first-order valence-corrected chi connectivity index (χ1v) is 12.2. The maximum atomic E-state index is 14.9. The van der Waals surface area contributed by atoms with Gasteiger partial charge in [0.05, 0.1) is 12.0 Å². The van der Waals surface area contributed by atoms with Crippen LogP contribution in [0, 0.1) is 17.6 Å². The van der Waals surface area contributed by atoms with Gasteiger partial charge in [-0.3, -0.25) is 9.69 Å². The van der Waals surface area contributed by atoms with E-state index in [2.05, 4.69) is 11.8 Å². The zero-order chi connectivity index (χ0) is 24.6. The second-order valence-corrected chi connectivity index (χ2v) is 10.0. The second-order valence-electron chi connectivity index (χ2n) is 10.0. The Bertz CT molecular complexity index is 1090. The molecule has 2 aromatic rings. The molecule has 2 unspecified atom stereocenters. The quantitative estimate of drug-likeness (QED) is 0.639. The molecule has 35 heavy (non-hydrogen) atoms. The van der Waals surface area contributed by atoms with Crippen molar-refractivity contribution in [2.24, 2.45) is 5.92 Å². The van der Waals surface area contributed by atoms with Gasteiger partial charge >= 0.3 is 6.09 Å². The maximum absolute atomic E-state index is 14.9. The number of carbonyl (C=O) groups is 2. The summed E-state index contributed by atoms with van der Waals surface area (Å²) >= 11 is 0. The van der Waals surface area contributed by atoms with Gasteiger partial charge in [-0.05, 0) is 43.4 Å².